The first kappa shape index (κ1) is 15.0. The van der Waals surface area contributed by atoms with Gasteiger partial charge in [0.15, 0.2) is 0 Å². The average Bonchev–Trinajstić information content (AvgIpc) is 2.36. The largest absolute Gasteiger partial charge is 0.481 e. The Morgan fingerprint density at radius 2 is 1.76 bits per heavy atom. The van der Waals surface area contributed by atoms with Crippen molar-refractivity contribution < 1.29 is 14.7 Å². The highest BCUT2D eigenvalue weighted by Gasteiger charge is 2.23. The molecule has 2 aromatic carbocycles. The fraction of sp³-hybridized carbons (Fsp3) is 0.294. The zero-order valence-corrected chi connectivity index (χ0v) is 12.2. The van der Waals surface area contributed by atoms with Gasteiger partial charge in [0.1, 0.15) is 0 Å². The Morgan fingerprint density at radius 3 is 2.43 bits per heavy atom. The molecule has 2 N–H and O–H groups in total. The van der Waals surface area contributed by atoms with Crippen LogP contribution in [0.3, 0.4) is 0 Å². The van der Waals surface area contributed by atoms with E-state index in [2.05, 4.69) is 5.32 Å². The number of nitrogens with one attached hydrogen (secondary N) is 1. The molecule has 110 valence electrons. The average molecular weight is 285 g/mol. The zero-order chi connectivity index (χ0) is 15.5. The van der Waals surface area contributed by atoms with E-state index in [0.29, 0.717) is 0 Å². The summed E-state index contributed by atoms with van der Waals surface area (Å²) in [5, 5.41) is 13.8. The van der Waals surface area contributed by atoms with Gasteiger partial charge in [-0.25, -0.2) is 0 Å². The van der Waals surface area contributed by atoms with Crippen LogP contribution >= 0.6 is 0 Å². The molecule has 4 heteroatoms. The van der Waals surface area contributed by atoms with Gasteiger partial charge in [-0.1, -0.05) is 42.5 Å². The molecule has 0 fully saturated rings. The SMILES string of the molecule is CC(C)(CC(=O)O)NC(=O)Cc1ccc2ccccc2c1. The monoisotopic (exact) mass is 285 g/mol. The van der Waals surface area contributed by atoms with Gasteiger partial charge in [0.25, 0.3) is 0 Å². The Balaban J connectivity index is 2.06. The summed E-state index contributed by atoms with van der Waals surface area (Å²) in [6.45, 7) is 3.42. The highest BCUT2D eigenvalue weighted by molar-refractivity contribution is 5.85. The lowest BCUT2D eigenvalue weighted by Gasteiger charge is -2.24. The molecule has 0 aliphatic rings. The fourth-order valence-electron chi connectivity index (χ4n) is 2.38. The van der Waals surface area contributed by atoms with Crippen LogP contribution in [0.4, 0.5) is 0 Å². The number of benzene rings is 2. The lowest BCUT2D eigenvalue weighted by atomic mass is 9.99. The molecule has 1 amide bonds. The summed E-state index contributed by atoms with van der Waals surface area (Å²) in [5.74, 6) is -1.09. The Morgan fingerprint density at radius 1 is 1.10 bits per heavy atom. The third-order valence-corrected chi connectivity index (χ3v) is 3.25. The first-order chi connectivity index (χ1) is 9.85. The highest BCUT2D eigenvalue weighted by atomic mass is 16.4. The van der Waals surface area contributed by atoms with Crippen molar-refractivity contribution in [1.29, 1.82) is 0 Å². The molecule has 0 radical (unpaired) electrons. The summed E-state index contributed by atoms with van der Waals surface area (Å²) >= 11 is 0. The second-order valence-electron chi connectivity index (χ2n) is 5.86. The third kappa shape index (κ3) is 4.31. The van der Waals surface area contributed by atoms with Gasteiger partial charge in [0.05, 0.1) is 12.8 Å². The summed E-state index contributed by atoms with van der Waals surface area (Å²) in [6, 6.07) is 13.9. The predicted molar refractivity (Wildman–Crippen MR) is 82.1 cm³/mol. The molecule has 0 heterocycles. The lowest BCUT2D eigenvalue weighted by Crippen LogP contribution is -2.45. The molecule has 0 saturated heterocycles. The van der Waals surface area contributed by atoms with Crippen molar-refractivity contribution in [2.75, 3.05) is 0 Å². The molecule has 0 unspecified atom stereocenters. The standard InChI is InChI=1S/C17H19NO3/c1-17(2,11-16(20)21)18-15(19)10-12-7-8-13-5-3-4-6-14(13)9-12/h3-9H,10-11H2,1-2H3,(H,18,19)(H,20,21). The summed E-state index contributed by atoms with van der Waals surface area (Å²) < 4.78 is 0. The van der Waals surface area contributed by atoms with Gasteiger partial charge in [0, 0.05) is 5.54 Å². The smallest absolute Gasteiger partial charge is 0.305 e. The second-order valence-corrected chi connectivity index (χ2v) is 5.86. The second kappa shape index (κ2) is 5.95. The van der Waals surface area contributed by atoms with Crippen molar-refractivity contribution >= 4 is 22.6 Å². The molecule has 0 aliphatic heterocycles. The highest BCUT2D eigenvalue weighted by Crippen LogP contribution is 2.16. The van der Waals surface area contributed by atoms with Crippen molar-refractivity contribution in [2.45, 2.75) is 32.2 Å². The fourth-order valence-corrected chi connectivity index (χ4v) is 2.38. The minimum Gasteiger partial charge on any atom is -0.481 e. The summed E-state index contributed by atoms with van der Waals surface area (Å²) in [5.41, 5.74) is 0.164. The predicted octanol–water partition coefficient (Wildman–Crippen LogP) is 2.75. The van der Waals surface area contributed by atoms with Crippen molar-refractivity contribution in [1.82, 2.24) is 5.32 Å². The molecular formula is C17H19NO3. The van der Waals surface area contributed by atoms with Gasteiger partial charge in [-0.3, -0.25) is 9.59 Å². The van der Waals surface area contributed by atoms with Gasteiger partial charge in [-0.2, -0.15) is 0 Å². The number of carboxylic acid groups (broad SMARTS) is 1. The van der Waals surface area contributed by atoms with Crippen LogP contribution in [0, 0.1) is 0 Å². The number of carbonyl (C=O) groups is 2. The number of carbonyl (C=O) groups excluding carboxylic acids is 1. The van der Waals surface area contributed by atoms with E-state index in [1.807, 2.05) is 42.5 Å². The van der Waals surface area contributed by atoms with Gasteiger partial charge in [-0.15, -0.1) is 0 Å². The van der Waals surface area contributed by atoms with Gasteiger partial charge in [0.2, 0.25) is 5.91 Å². The quantitative estimate of drug-likeness (QED) is 0.887. The van der Waals surface area contributed by atoms with Gasteiger partial charge < -0.3 is 10.4 Å². The molecule has 21 heavy (non-hydrogen) atoms. The molecule has 0 saturated carbocycles. The van der Waals surface area contributed by atoms with E-state index >= 15 is 0 Å². The maximum atomic E-state index is 12.0. The number of amides is 1. The zero-order valence-electron chi connectivity index (χ0n) is 12.2. The van der Waals surface area contributed by atoms with Crippen LogP contribution in [0.1, 0.15) is 25.8 Å². The third-order valence-electron chi connectivity index (χ3n) is 3.25. The molecule has 4 nitrogen and oxygen atoms in total. The van der Waals surface area contributed by atoms with Gasteiger partial charge >= 0.3 is 5.97 Å². The molecule has 2 aromatic rings. The van der Waals surface area contributed by atoms with E-state index in [-0.39, 0.29) is 18.7 Å². The number of rotatable bonds is 5. The van der Waals surface area contributed by atoms with Crippen LogP contribution in [-0.2, 0) is 16.0 Å². The molecule has 0 atom stereocenters. The van der Waals surface area contributed by atoms with E-state index in [0.717, 1.165) is 16.3 Å². The number of fused-ring (bicyclic) bond motifs is 1. The minimum absolute atomic E-state index is 0.101. The summed E-state index contributed by atoms with van der Waals surface area (Å²) in [7, 11) is 0. The number of hydrogen-bond donors (Lipinski definition) is 2. The van der Waals surface area contributed by atoms with Crippen molar-refractivity contribution in [2.24, 2.45) is 0 Å². The van der Waals surface area contributed by atoms with Crippen molar-refractivity contribution in [3.63, 3.8) is 0 Å². The van der Waals surface area contributed by atoms with E-state index in [1.54, 1.807) is 13.8 Å². The van der Waals surface area contributed by atoms with Crippen molar-refractivity contribution in [3.05, 3.63) is 48.0 Å². The molecule has 0 spiro atoms. The summed E-state index contributed by atoms with van der Waals surface area (Å²) in [4.78, 5) is 22.8. The molecule has 2 rings (SSSR count). The molecular weight excluding hydrogens is 266 g/mol. The molecule has 0 aromatic heterocycles. The maximum absolute atomic E-state index is 12.0. The van der Waals surface area contributed by atoms with E-state index in [9.17, 15) is 9.59 Å². The van der Waals surface area contributed by atoms with E-state index in [4.69, 9.17) is 5.11 Å². The van der Waals surface area contributed by atoms with Crippen LogP contribution in [0.15, 0.2) is 42.5 Å². The first-order valence-electron chi connectivity index (χ1n) is 6.86. The molecule has 0 bridgehead atoms. The Bertz CT molecular complexity index is 677. The minimum atomic E-state index is -0.925. The Kier molecular flexibility index (Phi) is 4.26. The van der Waals surface area contributed by atoms with Crippen LogP contribution in [-0.4, -0.2) is 22.5 Å². The first-order valence-corrected chi connectivity index (χ1v) is 6.86. The summed E-state index contributed by atoms with van der Waals surface area (Å²) in [6.07, 6.45) is 0.143. The van der Waals surface area contributed by atoms with Crippen LogP contribution < -0.4 is 5.32 Å². The van der Waals surface area contributed by atoms with Crippen LogP contribution in [0.25, 0.3) is 10.8 Å². The number of carboxylic acids is 1. The van der Waals surface area contributed by atoms with E-state index < -0.39 is 11.5 Å². The number of aliphatic carboxylic acids is 1. The van der Waals surface area contributed by atoms with Gasteiger partial charge in [-0.05, 0) is 30.2 Å². The lowest BCUT2D eigenvalue weighted by molar-refractivity contribution is -0.138. The topological polar surface area (TPSA) is 66.4 Å². The maximum Gasteiger partial charge on any atom is 0.305 e. The normalized spacial score (nSPS) is 11.3. The van der Waals surface area contributed by atoms with E-state index in [1.165, 1.54) is 0 Å². The number of hydrogen-bond acceptors (Lipinski definition) is 2. The van der Waals surface area contributed by atoms with Crippen LogP contribution in [0.2, 0.25) is 0 Å². The molecule has 0 aliphatic carbocycles. The Hall–Kier alpha value is -2.36. The van der Waals surface area contributed by atoms with Crippen LogP contribution in [0.5, 0.6) is 0 Å². The van der Waals surface area contributed by atoms with Crippen molar-refractivity contribution in [3.8, 4) is 0 Å². The Labute approximate surface area is 123 Å².